The van der Waals surface area contributed by atoms with Gasteiger partial charge in [0.1, 0.15) is 11.5 Å². The van der Waals surface area contributed by atoms with Crippen molar-refractivity contribution in [1.29, 1.82) is 0 Å². The summed E-state index contributed by atoms with van der Waals surface area (Å²) in [6, 6.07) is 13.8. The van der Waals surface area contributed by atoms with Crippen LogP contribution in [0.2, 0.25) is 0 Å². The summed E-state index contributed by atoms with van der Waals surface area (Å²) in [5, 5.41) is 0. The third kappa shape index (κ3) is 3.52. The van der Waals surface area contributed by atoms with Gasteiger partial charge in [0.2, 0.25) is 0 Å². The van der Waals surface area contributed by atoms with E-state index in [4.69, 9.17) is 10.5 Å². The number of nitrogens with zero attached hydrogens (tertiary/aromatic N) is 1. The highest BCUT2D eigenvalue weighted by atomic mass is 79.9. The van der Waals surface area contributed by atoms with E-state index in [1.165, 1.54) is 0 Å². The fraction of sp³-hybridized carbons (Fsp3) is 0.250. The van der Waals surface area contributed by atoms with E-state index in [0.717, 1.165) is 27.2 Å². The Morgan fingerprint density at radius 3 is 2.55 bits per heavy atom. The maximum atomic E-state index is 6.01. The number of rotatable bonds is 4. The van der Waals surface area contributed by atoms with E-state index >= 15 is 0 Å². The molecule has 106 valence electrons. The van der Waals surface area contributed by atoms with Crippen LogP contribution in [0.3, 0.4) is 0 Å². The van der Waals surface area contributed by atoms with Crippen LogP contribution in [0.25, 0.3) is 0 Å². The largest absolute Gasteiger partial charge is 0.457 e. The Morgan fingerprint density at radius 1 is 1.15 bits per heavy atom. The molecule has 0 amide bonds. The lowest BCUT2D eigenvalue weighted by Gasteiger charge is -2.16. The second-order valence-corrected chi connectivity index (χ2v) is 5.88. The van der Waals surface area contributed by atoms with Crippen molar-refractivity contribution in [3.8, 4) is 11.5 Å². The predicted molar refractivity (Wildman–Crippen MR) is 87.6 cm³/mol. The van der Waals surface area contributed by atoms with Crippen LogP contribution in [-0.2, 0) is 0 Å². The van der Waals surface area contributed by atoms with Crippen molar-refractivity contribution in [2.24, 2.45) is 5.73 Å². The van der Waals surface area contributed by atoms with Crippen LogP contribution in [0, 0.1) is 0 Å². The number of anilines is 1. The van der Waals surface area contributed by atoms with Crippen molar-refractivity contribution in [3.05, 3.63) is 52.5 Å². The molecule has 4 heteroatoms. The van der Waals surface area contributed by atoms with E-state index in [2.05, 4.69) is 15.9 Å². The highest BCUT2D eigenvalue weighted by molar-refractivity contribution is 9.10. The average molecular weight is 335 g/mol. The van der Waals surface area contributed by atoms with E-state index in [0.29, 0.717) is 0 Å². The van der Waals surface area contributed by atoms with E-state index < -0.39 is 0 Å². The zero-order chi connectivity index (χ0) is 14.7. The quantitative estimate of drug-likeness (QED) is 0.904. The molecule has 2 rings (SSSR count). The third-order valence-corrected chi connectivity index (χ3v) is 3.52. The van der Waals surface area contributed by atoms with Crippen LogP contribution in [0.1, 0.15) is 18.5 Å². The normalized spacial score (nSPS) is 12.1. The van der Waals surface area contributed by atoms with E-state index in [9.17, 15) is 0 Å². The van der Waals surface area contributed by atoms with Gasteiger partial charge in [0, 0.05) is 41.9 Å². The van der Waals surface area contributed by atoms with Gasteiger partial charge in [0.25, 0.3) is 0 Å². The van der Waals surface area contributed by atoms with Crippen molar-refractivity contribution in [3.63, 3.8) is 0 Å². The molecule has 3 nitrogen and oxygen atoms in total. The fourth-order valence-electron chi connectivity index (χ4n) is 1.92. The molecule has 2 aromatic rings. The second-order valence-electron chi connectivity index (χ2n) is 4.96. The Hall–Kier alpha value is -1.52. The predicted octanol–water partition coefficient (Wildman–Crippen LogP) is 4.33. The molecular weight excluding hydrogens is 316 g/mol. The van der Waals surface area contributed by atoms with Crippen LogP contribution < -0.4 is 15.4 Å². The molecule has 0 saturated carbocycles. The number of nitrogens with two attached hydrogens (primary N) is 1. The summed E-state index contributed by atoms with van der Waals surface area (Å²) in [4.78, 5) is 2.04. The summed E-state index contributed by atoms with van der Waals surface area (Å²) >= 11 is 3.47. The summed E-state index contributed by atoms with van der Waals surface area (Å²) in [5.74, 6) is 1.58. The molecule has 2 aromatic carbocycles. The minimum atomic E-state index is -0.0740. The number of hydrogen-bond acceptors (Lipinski definition) is 3. The minimum Gasteiger partial charge on any atom is -0.457 e. The molecule has 20 heavy (non-hydrogen) atoms. The molecule has 0 aliphatic rings. The molecule has 1 unspecified atom stereocenters. The van der Waals surface area contributed by atoms with E-state index in [1.54, 1.807) is 0 Å². The molecule has 1 atom stereocenters. The Balaban J connectivity index is 2.34. The Morgan fingerprint density at radius 2 is 1.90 bits per heavy atom. The van der Waals surface area contributed by atoms with Crippen LogP contribution >= 0.6 is 15.9 Å². The Labute approximate surface area is 128 Å². The van der Waals surface area contributed by atoms with Gasteiger partial charge in [-0.1, -0.05) is 28.1 Å². The first kappa shape index (κ1) is 14.9. The second kappa shape index (κ2) is 6.29. The van der Waals surface area contributed by atoms with Crippen molar-refractivity contribution in [1.82, 2.24) is 0 Å². The Bertz CT molecular complexity index is 597. The zero-order valence-corrected chi connectivity index (χ0v) is 13.5. The molecular formula is C16H19BrN2O. The highest BCUT2D eigenvalue weighted by Gasteiger charge is 2.10. The van der Waals surface area contributed by atoms with Gasteiger partial charge in [-0.15, -0.1) is 0 Å². The monoisotopic (exact) mass is 334 g/mol. The van der Waals surface area contributed by atoms with Crippen molar-refractivity contribution < 1.29 is 4.74 Å². The summed E-state index contributed by atoms with van der Waals surface area (Å²) in [5.41, 5.74) is 8.08. The SMILES string of the molecule is CC(N)c1ccc(Br)cc1Oc1cccc(N(C)C)c1. The van der Waals surface area contributed by atoms with Crippen molar-refractivity contribution in [2.45, 2.75) is 13.0 Å². The number of hydrogen-bond donors (Lipinski definition) is 1. The van der Waals surface area contributed by atoms with Gasteiger partial charge in [-0.2, -0.15) is 0 Å². The number of halogens is 1. The van der Waals surface area contributed by atoms with Gasteiger partial charge in [0.05, 0.1) is 0 Å². The molecule has 0 fully saturated rings. The average Bonchev–Trinajstić information content (AvgIpc) is 2.38. The molecule has 0 bridgehead atoms. The maximum absolute atomic E-state index is 6.01. The topological polar surface area (TPSA) is 38.5 Å². The number of benzene rings is 2. The van der Waals surface area contributed by atoms with Crippen molar-refractivity contribution in [2.75, 3.05) is 19.0 Å². The molecule has 0 aliphatic heterocycles. The Kier molecular flexibility index (Phi) is 4.68. The first-order valence-electron chi connectivity index (χ1n) is 6.47. The standard InChI is InChI=1S/C16H19BrN2O/c1-11(18)15-8-7-12(17)9-16(15)20-14-6-4-5-13(10-14)19(2)3/h4-11H,18H2,1-3H3. The van der Waals surface area contributed by atoms with Crippen LogP contribution in [-0.4, -0.2) is 14.1 Å². The van der Waals surface area contributed by atoms with Gasteiger partial charge in [0.15, 0.2) is 0 Å². The van der Waals surface area contributed by atoms with Gasteiger partial charge < -0.3 is 15.4 Å². The summed E-state index contributed by atoms with van der Waals surface area (Å²) < 4.78 is 6.98. The van der Waals surface area contributed by atoms with Gasteiger partial charge in [-0.3, -0.25) is 0 Å². The fourth-order valence-corrected chi connectivity index (χ4v) is 2.26. The van der Waals surface area contributed by atoms with E-state index in [-0.39, 0.29) is 6.04 Å². The molecule has 0 spiro atoms. The lowest BCUT2D eigenvalue weighted by Crippen LogP contribution is -2.08. The smallest absolute Gasteiger partial charge is 0.133 e. The molecule has 2 N–H and O–H groups in total. The lowest BCUT2D eigenvalue weighted by atomic mass is 10.1. The first-order valence-corrected chi connectivity index (χ1v) is 7.27. The molecule has 0 aromatic heterocycles. The molecule has 0 radical (unpaired) electrons. The van der Waals surface area contributed by atoms with Crippen LogP contribution in [0.5, 0.6) is 11.5 Å². The third-order valence-electron chi connectivity index (χ3n) is 3.03. The lowest BCUT2D eigenvalue weighted by molar-refractivity contribution is 0.472. The van der Waals surface area contributed by atoms with Gasteiger partial charge >= 0.3 is 0 Å². The van der Waals surface area contributed by atoms with Crippen molar-refractivity contribution >= 4 is 21.6 Å². The highest BCUT2D eigenvalue weighted by Crippen LogP contribution is 2.32. The summed E-state index contributed by atoms with van der Waals surface area (Å²) in [7, 11) is 4.01. The van der Waals surface area contributed by atoms with Gasteiger partial charge in [-0.05, 0) is 31.2 Å². The maximum Gasteiger partial charge on any atom is 0.133 e. The zero-order valence-electron chi connectivity index (χ0n) is 11.9. The number of ether oxygens (including phenoxy) is 1. The van der Waals surface area contributed by atoms with Crippen LogP contribution in [0.4, 0.5) is 5.69 Å². The molecule has 0 aliphatic carbocycles. The minimum absolute atomic E-state index is 0.0740. The van der Waals surface area contributed by atoms with Gasteiger partial charge in [-0.25, -0.2) is 0 Å². The summed E-state index contributed by atoms with van der Waals surface area (Å²) in [6.07, 6.45) is 0. The van der Waals surface area contributed by atoms with Crippen LogP contribution in [0.15, 0.2) is 46.9 Å². The molecule has 0 heterocycles. The molecule has 0 saturated heterocycles. The van der Waals surface area contributed by atoms with E-state index in [1.807, 2.05) is 68.4 Å². The first-order chi connectivity index (χ1) is 9.47. The summed E-state index contributed by atoms with van der Waals surface area (Å²) in [6.45, 7) is 1.95.